The second kappa shape index (κ2) is 12.7. The third-order valence-electron chi connectivity index (χ3n) is 4.74. The van der Waals surface area contributed by atoms with Gasteiger partial charge in [-0.15, -0.1) is 0 Å². The van der Waals surface area contributed by atoms with Gasteiger partial charge in [-0.2, -0.15) is 0 Å². The number of carbonyl (C=O) groups is 1. The fourth-order valence-corrected chi connectivity index (χ4v) is 3.79. The van der Waals surface area contributed by atoms with Crippen LogP contribution in [0.2, 0.25) is 19.6 Å². The van der Waals surface area contributed by atoms with Crippen LogP contribution in [0.5, 0.6) is 0 Å². The van der Waals surface area contributed by atoms with Gasteiger partial charge in [0.1, 0.15) is 0 Å². The molecule has 0 bridgehead atoms. The van der Waals surface area contributed by atoms with Gasteiger partial charge in [0.25, 0.3) is 0 Å². The maximum atomic E-state index is 11.9. The van der Waals surface area contributed by atoms with Crippen molar-refractivity contribution >= 4 is 14.3 Å². The van der Waals surface area contributed by atoms with Crippen LogP contribution in [0.25, 0.3) is 0 Å². The van der Waals surface area contributed by atoms with Crippen LogP contribution in [0.1, 0.15) is 85.5 Å². The lowest BCUT2D eigenvalue weighted by Gasteiger charge is -2.18. The summed E-state index contributed by atoms with van der Waals surface area (Å²) in [6, 6.07) is 0. The first-order valence-electron chi connectivity index (χ1n) is 10.4. The van der Waals surface area contributed by atoms with E-state index in [2.05, 4.69) is 34.3 Å². The molecule has 0 spiro atoms. The van der Waals surface area contributed by atoms with E-state index in [0.717, 1.165) is 30.6 Å². The highest BCUT2D eigenvalue weighted by molar-refractivity contribution is 6.71. The zero-order valence-electron chi connectivity index (χ0n) is 18.1. The number of carbonyl (C=O) groups excluding carboxylic acids is 1. The quantitative estimate of drug-likeness (QED) is 0.236. The van der Waals surface area contributed by atoms with Crippen LogP contribution in [-0.2, 0) is 9.22 Å². The van der Waals surface area contributed by atoms with Crippen LogP contribution < -0.4 is 0 Å². The van der Waals surface area contributed by atoms with Gasteiger partial charge in [-0.05, 0) is 50.2 Å². The average Bonchev–Trinajstić information content (AvgIpc) is 2.44. The average molecular weight is 369 g/mol. The van der Waals surface area contributed by atoms with Gasteiger partial charge in [0.2, 0.25) is 8.32 Å². The monoisotopic (exact) mass is 368 g/mol. The molecule has 0 heterocycles. The van der Waals surface area contributed by atoms with Crippen LogP contribution in [0.3, 0.4) is 0 Å². The van der Waals surface area contributed by atoms with Crippen molar-refractivity contribution in [2.24, 2.45) is 17.8 Å². The molecule has 0 amide bonds. The molecule has 0 aromatic carbocycles. The van der Waals surface area contributed by atoms with E-state index in [1.54, 1.807) is 0 Å². The van der Waals surface area contributed by atoms with E-state index in [1.807, 2.05) is 19.6 Å². The molecule has 0 radical (unpaired) electrons. The molecule has 0 aromatic rings. The van der Waals surface area contributed by atoms with Crippen molar-refractivity contribution in [3.8, 4) is 0 Å². The third kappa shape index (κ3) is 15.4. The minimum Gasteiger partial charge on any atom is -0.517 e. The summed E-state index contributed by atoms with van der Waals surface area (Å²) in [6.45, 7) is 19.4. The first-order chi connectivity index (χ1) is 11.5. The molecular weight excluding hydrogens is 324 g/mol. The molecule has 0 saturated carbocycles. The van der Waals surface area contributed by atoms with E-state index in [-0.39, 0.29) is 5.97 Å². The summed E-state index contributed by atoms with van der Waals surface area (Å²) in [5.41, 5.74) is 0.647. The van der Waals surface area contributed by atoms with Crippen molar-refractivity contribution in [3.05, 3.63) is 12.2 Å². The summed E-state index contributed by atoms with van der Waals surface area (Å²) < 4.78 is 5.50. The predicted molar refractivity (Wildman–Crippen MR) is 113 cm³/mol. The van der Waals surface area contributed by atoms with E-state index in [1.165, 1.54) is 44.9 Å². The normalized spacial score (nSPS) is 14.4. The summed E-state index contributed by atoms with van der Waals surface area (Å²) in [6.07, 6.45) is 11.1. The second-order valence-electron chi connectivity index (χ2n) is 9.46. The predicted octanol–water partition coefficient (Wildman–Crippen LogP) is 7.36. The van der Waals surface area contributed by atoms with E-state index in [0.29, 0.717) is 5.57 Å². The molecule has 148 valence electrons. The van der Waals surface area contributed by atoms with Crippen molar-refractivity contribution < 1.29 is 9.22 Å². The van der Waals surface area contributed by atoms with E-state index >= 15 is 0 Å². The highest BCUT2D eigenvalue weighted by Gasteiger charge is 2.21. The summed E-state index contributed by atoms with van der Waals surface area (Å²) >= 11 is 0. The van der Waals surface area contributed by atoms with E-state index < -0.39 is 8.32 Å². The molecule has 0 aromatic heterocycles. The van der Waals surface area contributed by atoms with Crippen LogP contribution in [0.4, 0.5) is 0 Å². The van der Waals surface area contributed by atoms with Crippen LogP contribution in [0, 0.1) is 17.8 Å². The van der Waals surface area contributed by atoms with Crippen molar-refractivity contribution in [1.29, 1.82) is 0 Å². The van der Waals surface area contributed by atoms with Crippen molar-refractivity contribution in [2.45, 2.75) is 105 Å². The first-order valence-corrected chi connectivity index (χ1v) is 13.8. The lowest BCUT2D eigenvalue weighted by molar-refractivity contribution is -0.131. The largest absolute Gasteiger partial charge is 0.517 e. The highest BCUT2D eigenvalue weighted by atomic mass is 28.4. The minimum atomic E-state index is -1.80. The van der Waals surface area contributed by atoms with Gasteiger partial charge in [0.05, 0.1) is 0 Å². The number of rotatable bonds is 14. The molecule has 2 unspecified atom stereocenters. The summed E-state index contributed by atoms with van der Waals surface area (Å²) in [7, 11) is -1.80. The SMILES string of the molecule is C=C(CCCC(C)CCCC(C)CCCC(C)C)C(=O)O[Si](C)(C)C. The Bertz CT molecular complexity index is 382. The van der Waals surface area contributed by atoms with Crippen LogP contribution in [-0.4, -0.2) is 14.3 Å². The fourth-order valence-electron chi connectivity index (χ4n) is 3.09. The Morgan fingerprint density at radius 3 is 1.72 bits per heavy atom. The maximum absolute atomic E-state index is 11.9. The molecule has 0 fully saturated rings. The van der Waals surface area contributed by atoms with Gasteiger partial charge in [-0.25, -0.2) is 4.79 Å². The highest BCUT2D eigenvalue weighted by Crippen LogP contribution is 2.22. The Hall–Kier alpha value is -0.573. The molecule has 0 aliphatic carbocycles. The second-order valence-corrected chi connectivity index (χ2v) is 13.9. The maximum Gasteiger partial charge on any atom is 0.320 e. The molecule has 25 heavy (non-hydrogen) atoms. The third-order valence-corrected chi connectivity index (χ3v) is 5.53. The summed E-state index contributed by atoms with van der Waals surface area (Å²) in [4.78, 5) is 11.9. The number of hydrogen-bond donors (Lipinski definition) is 0. The molecule has 2 nitrogen and oxygen atoms in total. The van der Waals surface area contributed by atoms with Crippen LogP contribution in [0.15, 0.2) is 12.2 Å². The van der Waals surface area contributed by atoms with E-state index in [4.69, 9.17) is 4.43 Å². The molecule has 2 atom stereocenters. The lowest BCUT2D eigenvalue weighted by Crippen LogP contribution is -2.29. The lowest BCUT2D eigenvalue weighted by atomic mass is 9.91. The Morgan fingerprint density at radius 2 is 1.28 bits per heavy atom. The smallest absolute Gasteiger partial charge is 0.320 e. The zero-order chi connectivity index (χ0) is 19.5. The molecule has 0 saturated heterocycles. The molecular formula is C22H44O2Si. The first kappa shape index (κ1) is 24.4. The Balaban J connectivity index is 3.75. The van der Waals surface area contributed by atoms with Gasteiger partial charge in [0, 0.05) is 5.57 Å². The molecule has 0 aliphatic rings. The minimum absolute atomic E-state index is 0.179. The summed E-state index contributed by atoms with van der Waals surface area (Å²) in [5.74, 6) is 2.26. The molecule has 0 N–H and O–H groups in total. The van der Waals surface area contributed by atoms with Gasteiger partial charge in [-0.1, -0.05) is 79.2 Å². The number of hydrogen-bond acceptors (Lipinski definition) is 2. The van der Waals surface area contributed by atoms with Crippen molar-refractivity contribution in [3.63, 3.8) is 0 Å². The molecule has 3 heteroatoms. The van der Waals surface area contributed by atoms with E-state index in [9.17, 15) is 4.79 Å². The van der Waals surface area contributed by atoms with Gasteiger partial charge >= 0.3 is 5.97 Å². The molecule has 0 aliphatic heterocycles. The van der Waals surface area contributed by atoms with Crippen LogP contribution >= 0.6 is 0 Å². The van der Waals surface area contributed by atoms with Gasteiger partial charge in [-0.3, -0.25) is 0 Å². The fraction of sp³-hybridized carbons (Fsp3) is 0.864. The van der Waals surface area contributed by atoms with Crippen molar-refractivity contribution in [2.75, 3.05) is 0 Å². The molecule has 0 rings (SSSR count). The summed E-state index contributed by atoms with van der Waals surface area (Å²) in [5, 5.41) is 0. The Kier molecular flexibility index (Phi) is 12.4. The Morgan fingerprint density at radius 1 is 0.840 bits per heavy atom. The zero-order valence-corrected chi connectivity index (χ0v) is 19.1. The standard InChI is InChI=1S/C22H44O2Si/c1-18(2)12-9-13-19(3)14-10-15-20(4)16-11-17-21(5)22(23)24-25(6,7)8/h18-20H,5,9-17H2,1-4,6-8H3. The van der Waals surface area contributed by atoms with Crippen molar-refractivity contribution in [1.82, 2.24) is 0 Å². The van der Waals surface area contributed by atoms with Gasteiger partial charge in [0.15, 0.2) is 0 Å². The Labute approximate surface area is 158 Å². The topological polar surface area (TPSA) is 26.3 Å². The van der Waals surface area contributed by atoms with Gasteiger partial charge < -0.3 is 4.43 Å².